The standard InChI is InChI=1S/C14H25N3O2S2/c1-4-8-21(18,19)11-12(15)17-20-13(11)16-10-6-5-7-14(2,3)9-10/h10,16H,4-9H2,1-3H3,(H2,15,17). The number of nitrogens with zero attached hydrogens (tertiary/aromatic N) is 1. The van der Waals surface area contributed by atoms with Gasteiger partial charge < -0.3 is 11.1 Å². The van der Waals surface area contributed by atoms with E-state index in [1.165, 1.54) is 6.42 Å². The number of aromatic nitrogens is 1. The molecule has 2 rings (SSSR count). The molecular weight excluding hydrogens is 306 g/mol. The largest absolute Gasteiger partial charge is 0.382 e. The topological polar surface area (TPSA) is 85.1 Å². The van der Waals surface area contributed by atoms with Gasteiger partial charge in [-0.3, -0.25) is 0 Å². The fourth-order valence-corrected chi connectivity index (χ4v) is 5.75. The minimum absolute atomic E-state index is 0.112. The van der Waals surface area contributed by atoms with Gasteiger partial charge in [-0.25, -0.2) is 8.42 Å². The van der Waals surface area contributed by atoms with Crippen LogP contribution in [0.4, 0.5) is 10.8 Å². The molecule has 0 spiro atoms. The molecule has 0 amide bonds. The van der Waals surface area contributed by atoms with Crippen LogP contribution in [0, 0.1) is 5.41 Å². The van der Waals surface area contributed by atoms with Crippen molar-refractivity contribution in [1.82, 2.24) is 4.37 Å². The Bertz CT molecular complexity index is 593. The maximum atomic E-state index is 12.4. The summed E-state index contributed by atoms with van der Waals surface area (Å²) >= 11 is 1.16. The zero-order valence-corrected chi connectivity index (χ0v) is 14.6. The van der Waals surface area contributed by atoms with E-state index in [1.54, 1.807) is 0 Å². The van der Waals surface area contributed by atoms with Gasteiger partial charge in [0.1, 0.15) is 9.90 Å². The van der Waals surface area contributed by atoms with Crippen molar-refractivity contribution in [1.29, 1.82) is 0 Å². The summed E-state index contributed by atoms with van der Waals surface area (Å²) in [5.41, 5.74) is 6.10. The lowest BCUT2D eigenvalue weighted by Gasteiger charge is -2.35. The molecule has 1 aromatic heterocycles. The summed E-state index contributed by atoms with van der Waals surface area (Å²) in [5, 5.41) is 4.00. The van der Waals surface area contributed by atoms with Gasteiger partial charge in [0.15, 0.2) is 15.7 Å². The van der Waals surface area contributed by atoms with Crippen LogP contribution < -0.4 is 11.1 Å². The maximum Gasteiger partial charge on any atom is 0.185 e. The second-order valence-electron chi connectivity index (χ2n) is 6.65. The molecular formula is C14H25N3O2S2. The van der Waals surface area contributed by atoms with E-state index in [4.69, 9.17) is 5.73 Å². The summed E-state index contributed by atoms with van der Waals surface area (Å²) in [4.78, 5) is 0.206. The van der Waals surface area contributed by atoms with Gasteiger partial charge >= 0.3 is 0 Å². The maximum absolute atomic E-state index is 12.4. The predicted molar refractivity (Wildman–Crippen MR) is 88.5 cm³/mol. The molecule has 7 heteroatoms. The summed E-state index contributed by atoms with van der Waals surface area (Å²) < 4.78 is 28.7. The SMILES string of the molecule is CCCS(=O)(=O)c1c(N)nsc1NC1CCCC(C)(C)C1. The lowest BCUT2D eigenvalue weighted by Crippen LogP contribution is -2.31. The summed E-state index contributed by atoms with van der Waals surface area (Å²) in [5.74, 6) is 0.242. The van der Waals surface area contributed by atoms with E-state index < -0.39 is 9.84 Å². The molecule has 120 valence electrons. The molecule has 3 N–H and O–H groups in total. The molecule has 1 saturated carbocycles. The van der Waals surface area contributed by atoms with Crippen LogP contribution >= 0.6 is 11.5 Å². The molecule has 5 nitrogen and oxygen atoms in total. The molecule has 21 heavy (non-hydrogen) atoms. The molecule has 1 aromatic rings. The zero-order valence-electron chi connectivity index (χ0n) is 13.0. The third-order valence-corrected chi connectivity index (χ3v) is 6.90. The van der Waals surface area contributed by atoms with Gasteiger partial charge in [0, 0.05) is 6.04 Å². The minimum atomic E-state index is -3.35. The predicted octanol–water partition coefficient (Wildman–Crippen LogP) is 3.29. The Hall–Kier alpha value is -0.820. The first-order valence-electron chi connectivity index (χ1n) is 7.49. The number of hydrogen-bond donors (Lipinski definition) is 2. The van der Waals surface area contributed by atoms with Crippen LogP contribution in [0.25, 0.3) is 0 Å². The average molecular weight is 332 g/mol. The number of nitrogen functional groups attached to an aromatic ring is 1. The Labute approximate surface area is 131 Å². The van der Waals surface area contributed by atoms with E-state index in [1.807, 2.05) is 6.92 Å². The Morgan fingerprint density at radius 2 is 2.19 bits per heavy atom. The fourth-order valence-electron chi connectivity index (χ4n) is 3.06. The van der Waals surface area contributed by atoms with Crippen LogP contribution in [0.15, 0.2) is 4.90 Å². The normalized spacial score (nSPS) is 22.1. The van der Waals surface area contributed by atoms with Crippen LogP contribution in [0.5, 0.6) is 0 Å². The highest BCUT2D eigenvalue weighted by Gasteiger charge is 2.31. The molecule has 0 radical (unpaired) electrons. The van der Waals surface area contributed by atoms with Gasteiger partial charge in [0.05, 0.1) is 5.75 Å². The first-order valence-corrected chi connectivity index (χ1v) is 9.92. The highest BCUT2D eigenvalue weighted by atomic mass is 32.2. The highest BCUT2D eigenvalue weighted by Crippen LogP contribution is 2.39. The van der Waals surface area contributed by atoms with Crippen molar-refractivity contribution in [3.8, 4) is 0 Å². The number of nitrogens with two attached hydrogens (primary N) is 1. The Balaban J connectivity index is 2.22. The van der Waals surface area contributed by atoms with Crippen molar-refractivity contribution in [2.75, 3.05) is 16.8 Å². The van der Waals surface area contributed by atoms with Gasteiger partial charge in [-0.1, -0.05) is 27.2 Å². The summed E-state index contributed by atoms with van der Waals surface area (Å²) in [7, 11) is -3.35. The summed E-state index contributed by atoms with van der Waals surface area (Å²) in [6, 6.07) is 0.296. The molecule has 1 heterocycles. The quantitative estimate of drug-likeness (QED) is 0.865. The molecule has 1 fully saturated rings. The van der Waals surface area contributed by atoms with Crippen molar-refractivity contribution >= 4 is 32.2 Å². The number of anilines is 2. The van der Waals surface area contributed by atoms with E-state index in [9.17, 15) is 8.42 Å². The first-order chi connectivity index (χ1) is 9.75. The average Bonchev–Trinajstić information content (AvgIpc) is 2.69. The van der Waals surface area contributed by atoms with Gasteiger partial charge in [0.25, 0.3) is 0 Å². The van der Waals surface area contributed by atoms with Crippen LogP contribution in [0.2, 0.25) is 0 Å². The van der Waals surface area contributed by atoms with Gasteiger partial charge in [-0.05, 0) is 42.6 Å². The van der Waals surface area contributed by atoms with Crippen LogP contribution in [-0.2, 0) is 9.84 Å². The van der Waals surface area contributed by atoms with E-state index >= 15 is 0 Å². The second-order valence-corrected chi connectivity index (χ2v) is 9.47. The third kappa shape index (κ3) is 3.88. The molecule has 0 bridgehead atoms. The Morgan fingerprint density at radius 1 is 1.48 bits per heavy atom. The van der Waals surface area contributed by atoms with E-state index in [0.717, 1.165) is 30.8 Å². The van der Waals surface area contributed by atoms with Crippen LogP contribution in [-0.4, -0.2) is 24.6 Å². The summed E-state index contributed by atoms with van der Waals surface area (Å²) in [6.07, 6.45) is 5.06. The number of nitrogens with one attached hydrogen (secondary N) is 1. The van der Waals surface area contributed by atoms with Crippen molar-refractivity contribution < 1.29 is 8.42 Å². The lowest BCUT2D eigenvalue weighted by molar-refractivity contribution is 0.229. The second kappa shape index (κ2) is 6.12. The smallest absolute Gasteiger partial charge is 0.185 e. The Morgan fingerprint density at radius 3 is 2.81 bits per heavy atom. The van der Waals surface area contributed by atoms with Gasteiger partial charge in [0.2, 0.25) is 0 Å². The lowest BCUT2D eigenvalue weighted by atomic mass is 9.75. The number of rotatable bonds is 5. The van der Waals surface area contributed by atoms with Crippen molar-refractivity contribution in [3.63, 3.8) is 0 Å². The van der Waals surface area contributed by atoms with Crippen LogP contribution in [0.1, 0.15) is 52.9 Å². The molecule has 0 aliphatic heterocycles. The van der Waals surface area contributed by atoms with Gasteiger partial charge in [-0.2, -0.15) is 4.37 Å². The number of hydrogen-bond acceptors (Lipinski definition) is 6. The monoisotopic (exact) mass is 331 g/mol. The molecule has 0 saturated heterocycles. The van der Waals surface area contributed by atoms with Crippen molar-refractivity contribution in [2.24, 2.45) is 5.41 Å². The van der Waals surface area contributed by atoms with Gasteiger partial charge in [-0.15, -0.1) is 0 Å². The van der Waals surface area contributed by atoms with Crippen LogP contribution in [0.3, 0.4) is 0 Å². The Kier molecular flexibility index (Phi) is 4.82. The molecule has 1 atom stereocenters. The summed E-state index contributed by atoms with van der Waals surface area (Å²) in [6.45, 7) is 6.37. The number of sulfone groups is 1. The molecule has 1 aliphatic rings. The minimum Gasteiger partial charge on any atom is -0.382 e. The molecule has 1 unspecified atom stereocenters. The van der Waals surface area contributed by atoms with Crippen molar-refractivity contribution in [2.45, 2.75) is 63.8 Å². The van der Waals surface area contributed by atoms with Crippen molar-refractivity contribution in [3.05, 3.63) is 0 Å². The third-order valence-electron chi connectivity index (χ3n) is 4.00. The van der Waals surface area contributed by atoms with E-state index in [0.29, 0.717) is 22.9 Å². The molecule has 1 aliphatic carbocycles. The highest BCUT2D eigenvalue weighted by molar-refractivity contribution is 7.91. The first kappa shape index (κ1) is 16.5. The fraction of sp³-hybridized carbons (Fsp3) is 0.786. The van der Waals surface area contributed by atoms with E-state index in [2.05, 4.69) is 23.5 Å². The zero-order chi connectivity index (χ0) is 15.7. The van der Waals surface area contributed by atoms with E-state index in [-0.39, 0.29) is 16.5 Å². The molecule has 0 aromatic carbocycles.